The molecule has 1 N–H and O–H groups in total. The van der Waals surface area contributed by atoms with Gasteiger partial charge in [-0.3, -0.25) is 0 Å². The standard InChI is InChI=1S/C9H7F2N/c1-5-4-12-9-7(11)3-2-6(10)8(5)9/h2-4,12H,1H3. The normalized spacial score (nSPS) is 10.9. The summed E-state index contributed by atoms with van der Waals surface area (Å²) in [4.78, 5) is 2.68. The Morgan fingerprint density at radius 1 is 1.17 bits per heavy atom. The molecule has 0 saturated carbocycles. The van der Waals surface area contributed by atoms with E-state index in [1.54, 1.807) is 13.1 Å². The Morgan fingerprint density at radius 2 is 1.83 bits per heavy atom. The second kappa shape index (κ2) is 2.30. The molecule has 2 aromatic rings. The summed E-state index contributed by atoms with van der Waals surface area (Å²) < 4.78 is 26.1. The van der Waals surface area contributed by atoms with E-state index < -0.39 is 5.82 Å². The predicted molar refractivity (Wildman–Crippen MR) is 43.0 cm³/mol. The van der Waals surface area contributed by atoms with Crippen molar-refractivity contribution in [2.24, 2.45) is 0 Å². The van der Waals surface area contributed by atoms with Gasteiger partial charge in [-0.15, -0.1) is 0 Å². The summed E-state index contributed by atoms with van der Waals surface area (Å²) in [5.74, 6) is -0.801. The van der Waals surface area contributed by atoms with E-state index in [0.717, 1.165) is 17.7 Å². The number of fused-ring (bicyclic) bond motifs is 1. The maximum absolute atomic E-state index is 13.1. The Hall–Kier alpha value is -1.38. The number of halogens is 2. The van der Waals surface area contributed by atoms with Crippen LogP contribution in [0.3, 0.4) is 0 Å². The Balaban J connectivity index is 2.98. The first kappa shape index (κ1) is 7.28. The van der Waals surface area contributed by atoms with Gasteiger partial charge in [0.2, 0.25) is 0 Å². The molecular formula is C9H7F2N. The smallest absolute Gasteiger partial charge is 0.147 e. The highest BCUT2D eigenvalue weighted by Crippen LogP contribution is 2.22. The summed E-state index contributed by atoms with van der Waals surface area (Å²) in [6, 6.07) is 2.26. The molecule has 0 aliphatic carbocycles. The van der Waals surface area contributed by atoms with Crippen molar-refractivity contribution in [1.82, 2.24) is 4.98 Å². The highest BCUT2D eigenvalue weighted by Gasteiger charge is 2.08. The van der Waals surface area contributed by atoms with Crippen molar-refractivity contribution in [1.29, 1.82) is 0 Å². The SMILES string of the molecule is Cc1c[nH]c2c(F)ccc(F)c12. The number of rotatable bonds is 0. The van der Waals surface area contributed by atoms with Crippen LogP contribution in [0.5, 0.6) is 0 Å². The first-order chi connectivity index (χ1) is 5.70. The fourth-order valence-electron chi connectivity index (χ4n) is 1.33. The van der Waals surface area contributed by atoms with Gasteiger partial charge in [0.25, 0.3) is 0 Å². The number of hydrogen-bond acceptors (Lipinski definition) is 0. The van der Waals surface area contributed by atoms with E-state index in [9.17, 15) is 8.78 Å². The lowest BCUT2D eigenvalue weighted by Crippen LogP contribution is -1.82. The number of hydrogen-bond donors (Lipinski definition) is 1. The van der Waals surface area contributed by atoms with E-state index in [2.05, 4.69) is 4.98 Å². The molecule has 3 heteroatoms. The molecule has 0 radical (unpaired) electrons. The molecule has 62 valence electrons. The van der Waals surface area contributed by atoms with Crippen LogP contribution in [0.15, 0.2) is 18.3 Å². The highest BCUT2D eigenvalue weighted by molar-refractivity contribution is 5.83. The van der Waals surface area contributed by atoms with Crippen LogP contribution in [0.25, 0.3) is 10.9 Å². The van der Waals surface area contributed by atoms with Gasteiger partial charge in [0.05, 0.1) is 5.52 Å². The largest absolute Gasteiger partial charge is 0.358 e. The molecule has 0 saturated heterocycles. The predicted octanol–water partition coefficient (Wildman–Crippen LogP) is 2.75. The molecule has 2 rings (SSSR count). The van der Waals surface area contributed by atoms with Gasteiger partial charge in [0.1, 0.15) is 11.6 Å². The van der Waals surface area contributed by atoms with Crippen LogP contribution in [0.2, 0.25) is 0 Å². The van der Waals surface area contributed by atoms with Gasteiger partial charge in [-0.25, -0.2) is 8.78 Å². The Morgan fingerprint density at radius 3 is 2.50 bits per heavy atom. The number of aryl methyl sites for hydroxylation is 1. The Bertz CT molecular complexity index is 431. The number of aromatic nitrogens is 1. The molecule has 0 aliphatic rings. The van der Waals surface area contributed by atoms with Gasteiger partial charge < -0.3 is 4.98 Å². The molecule has 0 unspecified atom stereocenters. The van der Waals surface area contributed by atoms with E-state index in [1.807, 2.05) is 0 Å². The number of benzene rings is 1. The molecule has 1 aromatic carbocycles. The van der Waals surface area contributed by atoms with Crippen LogP contribution in [0.1, 0.15) is 5.56 Å². The maximum atomic E-state index is 13.1. The second-order valence-corrected chi connectivity index (χ2v) is 2.75. The zero-order valence-electron chi connectivity index (χ0n) is 6.49. The molecule has 0 bridgehead atoms. The van der Waals surface area contributed by atoms with Gasteiger partial charge in [0, 0.05) is 11.6 Å². The van der Waals surface area contributed by atoms with Crippen LogP contribution < -0.4 is 0 Å². The van der Waals surface area contributed by atoms with Gasteiger partial charge >= 0.3 is 0 Å². The van der Waals surface area contributed by atoms with Crippen LogP contribution in [0, 0.1) is 18.6 Å². The van der Waals surface area contributed by atoms with Crippen LogP contribution >= 0.6 is 0 Å². The number of aromatic amines is 1. The van der Waals surface area contributed by atoms with E-state index >= 15 is 0 Å². The molecule has 1 heterocycles. The lowest BCUT2D eigenvalue weighted by molar-refractivity contribution is 0.616. The summed E-state index contributed by atoms with van der Waals surface area (Å²) >= 11 is 0. The molecule has 0 aliphatic heterocycles. The average molecular weight is 167 g/mol. The van der Waals surface area contributed by atoms with E-state index in [-0.39, 0.29) is 11.3 Å². The monoisotopic (exact) mass is 167 g/mol. The molecule has 1 nitrogen and oxygen atoms in total. The van der Waals surface area contributed by atoms with Crippen LogP contribution in [0.4, 0.5) is 8.78 Å². The minimum Gasteiger partial charge on any atom is -0.358 e. The number of nitrogens with one attached hydrogen (secondary N) is 1. The first-order valence-electron chi connectivity index (χ1n) is 3.62. The molecule has 0 atom stereocenters. The van der Waals surface area contributed by atoms with Crippen molar-refractivity contribution in [3.05, 3.63) is 35.5 Å². The molecular weight excluding hydrogens is 160 g/mol. The van der Waals surface area contributed by atoms with Crippen molar-refractivity contribution in [2.45, 2.75) is 6.92 Å². The third kappa shape index (κ3) is 0.826. The van der Waals surface area contributed by atoms with Crippen LogP contribution in [-0.4, -0.2) is 4.98 Å². The lowest BCUT2D eigenvalue weighted by Gasteiger charge is -1.94. The summed E-state index contributed by atoms with van der Waals surface area (Å²) in [5, 5.41) is 0.343. The van der Waals surface area contributed by atoms with Crippen molar-refractivity contribution in [2.75, 3.05) is 0 Å². The summed E-state index contributed by atoms with van der Waals surface area (Å²) in [5.41, 5.74) is 0.967. The van der Waals surface area contributed by atoms with Gasteiger partial charge in [-0.2, -0.15) is 0 Å². The lowest BCUT2D eigenvalue weighted by atomic mass is 10.2. The topological polar surface area (TPSA) is 15.8 Å². The van der Waals surface area contributed by atoms with Crippen molar-refractivity contribution < 1.29 is 8.78 Å². The molecule has 0 fully saturated rings. The molecule has 0 spiro atoms. The summed E-state index contributed by atoms with van der Waals surface area (Å²) in [7, 11) is 0. The van der Waals surface area contributed by atoms with Gasteiger partial charge in [-0.1, -0.05) is 0 Å². The fraction of sp³-hybridized carbons (Fsp3) is 0.111. The second-order valence-electron chi connectivity index (χ2n) is 2.75. The molecule has 12 heavy (non-hydrogen) atoms. The number of H-pyrrole nitrogens is 1. The zero-order chi connectivity index (χ0) is 8.72. The average Bonchev–Trinajstić information content (AvgIpc) is 2.42. The van der Waals surface area contributed by atoms with Crippen molar-refractivity contribution in [3.8, 4) is 0 Å². The maximum Gasteiger partial charge on any atom is 0.147 e. The zero-order valence-corrected chi connectivity index (χ0v) is 6.49. The molecule has 1 aromatic heterocycles. The third-order valence-electron chi connectivity index (χ3n) is 1.93. The highest BCUT2D eigenvalue weighted by atomic mass is 19.1. The Labute approximate surface area is 68.0 Å². The third-order valence-corrected chi connectivity index (χ3v) is 1.93. The first-order valence-corrected chi connectivity index (χ1v) is 3.62. The minimum atomic E-state index is -0.417. The van der Waals surface area contributed by atoms with E-state index in [1.165, 1.54) is 0 Å². The molecule has 0 amide bonds. The van der Waals surface area contributed by atoms with Crippen molar-refractivity contribution in [3.63, 3.8) is 0 Å². The fourth-order valence-corrected chi connectivity index (χ4v) is 1.33. The van der Waals surface area contributed by atoms with Gasteiger partial charge in [0.15, 0.2) is 0 Å². The van der Waals surface area contributed by atoms with Crippen molar-refractivity contribution >= 4 is 10.9 Å². The Kier molecular flexibility index (Phi) is 1.40. The quantitative estimate of drug-likeness (QED) is 0.621. The van der Waals surface area contributed by atoms with Gasteiger partial charge in [-0.05, 0) is 24.6 Å². The summed E-state index contributed by atoms with van der Waals surface area (Å²) in [6.07, 6.45) is 1.59. The van der Waals surface area contributed by atoms with E-state index in [0.29, 0.717) is 5.39 Å². The van der Waals surface area contributed by atoms with Crippen LogP contribution in [-0.2, 0) is 0 Å². The summed E-state index contributed by atoms with van der Waals surface area (Å²) in [6.45, 7) is 1.74. The van der Waals surface area contributed by atoms with E-state index in [4.69, 9.17) is 0 Å². The minimum absolute atomic E-state index is 0.243.